The van der Waals surface area contributed by atoms with Crippen molar-refractivity contribution in [1.29, 1.82) is 0 Å². The van der Waals surface area contributed by atoms with E-state index in [1.165, 1.54) is 12.8 Å². The minimum Gasteiger partial charge on any atom is -0.472 e. The first kappa shape index (κ1) is 19.2. The number of nitrogens with zero attached hydrogens (tertiary/aromatic N) is 4. The lowest BCUT2D eigenvalue weighted by atomic mass is 10.2. The molecule has 9 heteroatoms. The summed E-state index contributed by atoms with van der Waals surface area (Å²) in [4.78, 5) is 11.5. The summed E-state index contributed by atoms with van der Waals surface area (Å²) in [6.45, 7) is 2.43. The summed E-state index contributed by atoms with van der Waals surface area (Å²) in [7, 11) is -3.52. The molecule has 5 rings (SSSR count). The molecule has 2 aromatic rings. The third-order valence-electron chi connectivity index (χ3n) is 5.92. The van der Waals surface area contributed by atoms with Crippen molar-refractivity contribution in [1.82, 2.24) is 19.2 Å². The molecule has 0 amide bonds. The summed E-state index contributed by atoms with van der Waals surface area (Å²) >= 11 is 5.89. The Morgan fingerprint density at radius 1 is 1.03 bits per heavy atom. The van der Waals surface area contributed by atoms with Gasteiger partial charge in [0, 0.05) is 49.6 Å². The molecule has 7 nitrogen and oxygen atoms in total. The number of aromatic nitrogens is 2. The highest BCUT2D eigenvalue weighted by atomic mass is 35.5. The summed E-state index contributed by atoms with van der Waals surface area (Å²) in [5.41, 5.74) is 1.05. The second-order valence-electron chi connectivity index (χ2n) is 8.00. The quantitative estimate of drug-likeness (QED) is 0.719. The van der Waals surface area contributed by atoms with Crippen LogP contribution in [-0.2, 0) is 10.0 Å². The molecule has 154 valence electrons. The van der Waals surface area contributed by atoms with E-state index >= 15 is 0 Å². The molecule has 0 unspecified atom stereocenters. The van der Waals surface area contributed by atoms with Crippen LogP contribution in [0.5, 0.6) is 5.88 Å². The standard InChI is InChI=1S/C20H23ClN4O3S/c21-15-3-5-18(6-4-15)29(26,27)25-8-7-24-13-17(9-16(24)12-25)28-20-11-22-19(10-23-20)14-1-2-14/h3-6,10-11,14,16-17H,1-2,7-9,12-13H2/t16-,17-/m0/s1. The fourth-order valence-electron chi connectivity index (χ4n) is 4.17. The van der Waals surface area contributed by atoms with E-state index in [1.54, 1.807) is 34.8 Å². The molecule has 1 saturated carbocycles. The summed E-state index contributed by atoms with van der Waals surface area (Å²) in [6, 6.07) is 6.50. The fraction of sp³-hybridized carbons (Fsp3) is 0.500. The molecule has 2 saturated heterocycles. The second-order valence-corrected chi connectivity index (χ2v) is 10.4. The monoisotopic (exact) mass is 434 g/mol. The van der Waals surface area contributed by atoms with Crippen LogP contribution in [0.25, 0.3) is 0 Å². The van der Waals surface area contributed by atoms with Crippen molar-refractivity contribution in [3.8, 4) is 5.88 Å². The lowest BCUT2D eigenvalue weighted by molar-refractivity contribution is 0.151. The van der Waals surface area contributed by atoms with Crippen molar-refractivity contribution < 1.29 is 13.2 Å². The summed E-state index contributed by atoms with van der Waals surface area (Å²) in [5.74, 6) is 1.12. The zero-order valence-electron chi connectivity index (χ0n) is 15.9. The SMILES string of the molecule is O=S(=O)(c1ccc(Cl)cc1)N1CCN2C[C@@H](Oc3cnc(C4CC4)cn3)C[C@H]2C1. The largest absolute Gasteiger partial charge is 0.472 e. The van der Waals surface area contributed by atoms with E-state index in [-0.39, 0.29) is 17.0 Å². The topological polar surface area (TPSA) is 75.6 Å². The van der Waals surface area contributed by atoms with Gasteiger partial charge in [-0.2, -0.15) is 4.31 Å². The molecule has 1 aromatic heterocycles. The molecule has 3 fully saturated rings. The Balaban J connectivity index is 1.22. The first-order valence-corrected chi connectivity index (χ1v) is 11.8. The number of piperazine rings is 1. The summed E-state index contributed by atoms with van der Waals surface area (Å²) in [6.07, 6.45) is 6.70. The van der Waals surface area contributed by atoms with Crippen molar-refractivity contribution >= 4 is 21.6 Å². The molecule has 3 heterocycles. The highest BCUT2D eigenvalue weighted by Gasteiger charge is 2.41. The third kappa shape index (κ3) is 3.99. The van der Waals surface area contributed by atoms with Crippen LogP contribution in [-0.4, -0.2) is 65.9 Å². The summed E-state index contributed by atoms with van der Waals surface area (Å²) in [5, 5.41) is 0.526. The third-order valence-corrected chi connectivity index (χ3v) is 8.05. The molecule has 2 aliphatic heterocycles. The van der Waals surface area contributed by atoms with Crippen LogP contribution >= 0.6 is 11.6 Å². The minimum absolute atomic E-state index is 0.000684. The minimum atomic E-state index is -3.52. The van der Waals surface area contributed by atoms with Gasteiger partial charge < -0.3 is 4.74 Å². The molecule has 0 spiro atoms. The average molecular weight is 435 g/mol. The Hall–Kier alpha value is -1.74. The molecule has 0 N–H and O–H groups in total. The Kier molecular flexibility index (Phi) is 4.98. The normalized spacial score (nSPS) is 25.7. The van der Waals surface area contributed by atoms with Crippen molar-refractivity contribution in [3.05, 3.63) is 47.4 Å². The van der Waals surface area contributed by atoms with Crippen LogP contribution in [0.4, 0.5) is 0 Å². The number of sulfonamides is 1. The lowest BCUT2D eigenvalue weighted by Gasteiger charge is -2.36. The maximum Gasteiger partial charge on any atom is 0.243 e. The maximum atomic E-state index is 13.0. The molecule has 2 atom stereocenters. The van der Waals surface area contributed by atoms with Gasteiger partial charge in [-0.3, -0.25) is 9.88 Å². The molecular weight excluding hydrogens is 412 g/mol. The van der Waals surface area contributed by atoms with Crippen molar-refractivity contribution in [2.24, 2.45) is 0 Å². The number of benzene rings is 1. The van der Waals surface area contributed by atoms with Gasteiger partial charge in [-0.05, 0) is 37.1 Å². The Morgan fingerprint density at radius 3 is 2.52 bits per heavy atom. The van der Waals surface area contributed by atoms with E-state index in [1.807, 2.05) is 6.20 Å². The van der Waals surface area contributed by atoms with Crippen LogP contribution in [0.2, 0.25) is 5.02 Å². The number of rotatable bonds is 5. The van der Waals surface area contributed by atoms with E-state index in [9.17, 15) is 8.42 Å². The van der Waals surface area contributed by atoms with Gasteiger partial charge >= 0.3 is 0 Å². The molecule has 0 bridgehead atoms. The first-order valence-electron chi connectivity index (χ1n) is 9.97. The van der Waals surface area contributed by atoms with Gasteiger partial charge in [-0.15, -0.1) is 0 Å². The summed E-state index contributed by atoms with van der Waals surface area (Å²) < 4.78 is 33.5. The highest BCUT2D eigenvalue weighted by Crippen LogP contribution is 2.38. The van der Waals surface area contributed by atoms with Gasteiger partial charge in [0.2, 0.25) is 15.9 Å². The van der Waals surface area contributed by atoms with E-state index in [2.05, 4.69) is 14.9 Å². The fourth-order valence-corrected chi connectivity index (χ4v) is 5.77. The van der Waals surface area contributed by atoms with Gasteiger partial charge in [0.15, 0.2) is 0 Å². The lowest BCUT2D eigenvalue weighted by Crippen LogP contribution is -2.51. The number of hydrogen-bond donors (Lipinski definition) is 0. The smallest absolute Gasteiger partial charge is 0.243 e. The van der Waals surface area contributed by atoms with Crippen LogP contribution in [0.15, 0.2) is 41.6 Å². The molecule has 29 heavy (non-hydrogen) atoms. The van der Waals surface area contributed by atoms with Gasteiger partial charge in [0.1, 0.15) is 6.10 Å². The van der Waals surface area contributed by atoms with Crippen LogP contribution in [0, 0.1) is 0 Å². The molecule has 1 aromatic carbocycles. The van der Waals surface area contributed by atoms with Crippen LogP contribution in [0.3, 0.4) is 0 Å². The molecule has 0 radical (unpaired) electrons. The number of fused-ring (bicyclic) bond motifs is 1. The highest BCUT2D eigenvalue weighted by molar-refractivity contribution is 7.89. The van der Waals surface area contributed by atoms with E-state index in [4.69, 9.17) is 16.3 Å². The van der Waals surface area contributed by atoms with E-state index in [0.29, 0.717) is 36.5 Å². The zero-order valence-corrected chi connectivity index (χ0v) is 17.5. The van der Waals surface area contributed by atoms with Crippen LogP contribution in [0.1, 0.15) is 30.9 Å². The number of halogens is 1. The molecule has 3 aliphatic rings. The van der Waals surface area contributed by atoms with Gasteiger partial charge in [0.25, 0.3) is 0 Å². The second kappa shape index (κ2) is 7.50. The van der Waals surface area contributed by atoms with E-state index in [0.717, 1.165) is 18.7 Å². The Bertz CT molecular complexity index is 980. The predicted octanol–water partition coefficient (Wildman–Crippen LogP) is 2.53. The maximum absolute atomic E-state index is 13.0. The van der Waals surface area contributed by atoms with Gasteiger partial charge in [-0.1, -0.05) is 11.6 Å². The van der Waals surface area contributed by atoms with Gasteiger partial charge in [-0.25, -0.2) is 13.4 Å². The zero-order chi connectivity index (χ0) is 20.0. The van der Waals surface area contributed by atoms with Crippen molar-refractivity contribution in [2.75, 3.05) is 26.2 Å². The first-order chi connectivity index (χ1) is 14.0. The number of ether oxygens (including phenoxy) is 1. The van der Waals surface area contributed by atoms with Crippen molar-refractivity contribution in [3.63, 3.8) is 0 Å². The molecular formula is C20H23ClN4O3S. The average Bonchev–Trinajstić information content (AvgIpc) is 3.48. The van der Waals surface area contributed by atoms with Gasteiger partial charge in [0.05, 0.1) is 23.0 Å². The Morgan fingerprint density at radius 2 is 1.83 bits per heavy atom. The predicted molar refractivity (Wildman–Crippen MR) is 109 cm³/mol. The van der Waals surface area contributed by atoms with E-state index < -0.39 is 10.0 Å². The van der Waals surface area contributed by atoms with Crippen molar-refractivity contribution in [2.45, 2.75) is 42.2 Å². The number of hydrogen-bond acceptors (Lipinski definition) is 6. The Labute approximate surface area is 175 Å². The van der Waals surface area contributed by atoms with Crippen LogP contribution < -0.4 is 4.74 Å². The molecule has 1 aliphatic carbocycles.